The number of rotatable bonds is 5. The van der Waals surface area contributed by atoms with Gasteiger partial charge >= 0.3 is 6.03 Å². The van der Waals surface area contributed by atoms with Crippen LogP contribution in [-0.2, 0) is 10.0 Å². The molecular weight excluding hydrogens is 444 g/mol. The molecule has 1 N–H and O–H groups in total. The lowest BCUT2D eigenvalue weighted by molar-refractivity contribution is 0.0697. The van der Waals surface area contributed by atoms with Crippen LogP contribution in [0, 0.1) is 6.92 Å². The second-order valence-corrected chi connectivity index (χ2v) is 10.1. The van der Waals surface area contributed by atoms with Crippen molar-refractivity contribution in [1.82, 2.24) is 14.5 Å². The topological polar surface area (TPSA) is 107 Å². The standard InChI is InChI=1S/C23H26N4O5S/c1-16-15-19(5-8-21(16)27-10-9-24-23(27)30)22(29)25-11-13-26(14-12-25)33(31,32)20-6-3-18(4-7-20)17(2)28/h3-8,15H,9-14H2,1-2H3,(H,24,30). The number of anilines is 1. The Labute approximate surface area is 193 Å². The summed E-state index contributed by atoms with van der Waals surface area (Å²) in [4.78, 5) is 39.8. The van der Waals surface area contributed by atoms with Crippen LogP contribution < -0.4 is 10.2 Å². The predicted molar refractivity (Wildman–Crippen MR) is 123 cm³/mol. The Hall–Kier alpha value is -3.24. The van der Waals surface area contributed by atoms with Gasteiger partial charge in [-0.3, -0.25) is 14.5 Å². The van der Waals surface area contributed by atoms with Gasteiger partial charge in [0.2, 0.25) is 10.0 Å². The first-order valence-electron chi connectivity index (χ1n) is 10.7. The molecule has 0 unspecified atom stereocenters. The predicted octanol–water partition coefficient (Wildman–Crippen LogP) is 1.87. The maximum atomic E-state index is 13.0. The lowest BCUT2D eigenvalue weighted by Crippen LogP contribution is -2.50. The Morgan fingerprint density at radius 1 is 0.909 bits per heavy atom. The van der Waals surface area contributed by atoms with Gasteiger partial charge in [0.25, 0.3) is 5.91 Å². The summed E-state index contributed by atoms with van der Waals surface area (Å²) in [7, 11) is -3.70. The molecule has 0 atom stereocenters. The Balaban J connectivity index is 1.42. The number of hydrogen-bond donors (Lipinski definition) is 1. The summed E-state index contributed by atoms with van der Waals surface area (Å²) >= 11 is 0. The smallest absolute Gasteiger partial charge is 0.322 e. The van der Waals surface area contributed by atoms with Gasteiger partial charge in [0.05, 0.1) is 4.90 Å². The van der Waals surface area contributed by atoms with Gasteiger partial charge in [0.15, 0.2) is 5.78 Å². The molecule has 2 aromatic rings. The van der Waals surface area contributed by atoms with Crippen molar-refractivity contribution in [2.75, 3.05) is 44.2 Å². The minimum Gasteiger partial charge on any atom is -0.336 e. The number of nitrogens with zero attached hydrogens (tertiary/aromatic N) is 3. The number of carbonyl (C=O) groups is 3. The molecule has 2 aliphatic heterocycles. The number of benzene rings is 2. The molecule has 0 saturated carbocycles. The Bertz CT molecular complexity index is 1200. The Morgan fingerprint density at radius 3 is 2.09 bits per heavy atom. The SMILES string of the molecule is CC(=O)c1ccc(S(=O)(=O)N2CCN(C(=O)c3ccc(N4CCNC4=O)c(C)c3)CC2)cc1. The number of piperazine rings is 1. The van der Waals surface area contributed by atoms with Gasteiger partial charge in [-0.05, 0) is 49.7 Å². The van der Waals surface area contributed by atoms with Crippen LogP contribution in [0.15, 0.2) is 47.4 Å². The largest absolute Gasteiger partial charge is 0.336 e. The van der Waals surface area contributed by atoms with Crippen LogP contribution in [0.1, 0.15) is 33.2 Å². The number of amides is 3. The monoisotopic (exact) mass is 470 g/mol. The van der Waals surface area contributed by atoms with E-state index < -0.39 is 10.0 Å². The molecule has 0 spiro atoms. The summed E-state index contributed by atoms with van der Waals surface area (Å²) in [5.74, 6) is -0.295. The molecule has 2 heterocycles. The van der Waals surface area contributed by atoms with Crippen molar-refractivity contribution in [1.29, 1.82) is 0 Å². The van der Waals surface area contributed by atoms with Gasteiger partial charge in [-0.1, -0.05) is 12.1 Å². The number of Topliss-reactive ketones (excluding diaryl/α,β-unsaturated/α-hetero) is 1. The van der Waals surface area contributed by atoms with Gasteiger partial charge in [0, 0.05) is 56.1 Å². The van der Waals surface area contributed by atoms with E-state index in [4.69, 9.17) is 0 Å². The highest BCUT2D eigenvalue weighted by Crippen LogP contribution is 2.24. The lowest BCUT2D eigenvalue weighted by Gasteiger charge is -2.34. The lowest BCUT2D eigenvalue weighted by atomic mass is 10.1. The van der Waals surface area contributed by atoms with Crippen LogP contribution in [0.5, 0.6) is 0 Å². The first-order valence-corrected chi connectivity index (χ1v) is 12.2. The molecule has 33 heavy (non-hydrogen) atoms. The normalized spacial score (nSPS) is 17.2. The van der Waals surface area contributed by atoms with Crippen molar-refractivity contribution in [2.24, 2.45) is 0 Å². The third-order valence-electron chi connectivity index (χ3n) is 6.02. The molecule has 0 radical (unpaired) electrons. The van der Waals surface area contributed by atoms with Crippen molar-refractivity contribution in [3.63, 3.8) is 0 Å². The number of ketones is 1. The average Bonchev–Trinajstić information content (AvgIpc) is 3.24. The van der Waals surface area contributed by atoms with E-state index in [1.165, 1.54) is 35.5 Å². The number of carbonyl (C=O) groups excluding carboxylic acids is 3. The van der Waals surface area contributed by atoms with Crippen molar-refractivity contribution in [3.05, 3.63) is 59.2 Å². The van der Waals surface area contributed by atoms with E-state index in [-0.39, 0.29) is 48.8 Å². The molecule has 2 aromatic carbocycles. The number of nitrogens with one attached hydrogen (secondary N) is 1. The maximum Gasteiger partial charge on any atom is 0.322 e. The molecule has 0 aromatic heterocycles. The molecule has 0 bridgehead atoms. The number of aryl methyl sites for hydroxylation is 1. The summed E-state index contributed by atoms with van der Waals surface area (Å²) in [6.45, 7) is 5.39. The van der Waals surface area contributed by atoms with Gasteiger partial charge in [-0.25, -0.2) is 13.2 Å². The summed E-state index contributed by atoms with van der Waals surface area (Å²) in [5.41, 5.74) is 2.56. The maximum absolute atomic E-state index is 13.0. The molecule has 3 amide bonds. The fourth-order valence-electron chi connectivity index (χ4n) is 4.12. The molecule has 2 fully saturated rings. The summed E-state index contributed by atoms with van der Waals surface area (Å²) in [6, 6.07) is 11.0. The summed E-state index contributed by atoms with van der Waals surface area (Å²) in [5, 5.41) is 2.76. The van der Waals surface area contributed by atoms with E-state index in [1.54, 1.807) is 28.0 Å². The van der Waals surface area contributed by atoms with E-state index in [1.807, 2.05) is 6.92 Å². The van der Waals surface area contributed by atoms with E-state index in [0.717, 1.165) is 11.3 Å². The van der Waals surface area contributed by atoms with Crippen molar-refractivity contribution >= 4 is 33.4 Å². The molecule has 2 aliphatic rings. The van der Waals surface area contributed by atoms with Gasteiger partial charge < -0.3 is 10.2 Å². The fourth-order valence-corrected chi connectivity index (χ4v) is 5.54. The molecule has 4 rings (SSSR count). The zero-order valence-electron chi connectivity index (χ0n) is 18.6. The van der Waals surface area contributed by atoms with Crippen molar-refractivity contribution in [3.8, 4) is 0 Å². The number of urea groups is 1. The van der Waals surface area contributed by atoms with Crippen molar-refractivity contribution < 1.29 is 22.8 Å². The second-order valence-electron chi connectivity index (χ2n) is 8.16. The Morgan fingerprint density at radius 2 is 1.55 bits per heavy atom. The molecule has 2 saturated heterocycles. The molecular formula is C23H26N4O5S. The van der Waals surface area contributed by atoms with Crippen LogP contribution in [-0.4, -0.2) is 74.6 Å². The van der Waals surface area contributed by atoms with E-state index >= 15 is 0 Å². The first kappa shape index (κ1) is 22.9. The molecule has 0 aliphatic carbocycles. The number of hydrogen-bond acceptors (Lipinski definition) is 5. The molecule has 174 valence electrons. The van der Waals surface area contributed by atoms with Crippen LogP contribution in [0.2, 0.25) is 0 Å². The van der Waals surface area contributed by atoms with E-state index in [9.17, 15) is 22.8 Å². The highest BCUT2D eigenvalue weighted by atomic mass is 32.2. The van der Waals surface area contributed by atoms with Gasteiger partial charge in [-0.15, -0.1) is 0 Å². The summed E-state index contributed by atoms with van der Waals surface area (Å²) < 4.78 is 27.3. The molecule has 9 nitrogen and oxygen atoms in total. The number of sulfonamides is 1. The zero-order valence-corrected chi connectivity index (χ0v) is 19.4. The van der Waals surface area contributed by atoms with Crippen LogP contribution in [0.25, 0.3) is 0 Å². The highest BCUT2D eigenvalue weighted by molar-refractivity contribution is 7.89. The van der Waals surface area contributed by atoms with Crippen molar-refractivity contribution in [2.45, 2.75) is 18.7 Å². The van der Waals surface area contributed by atoms with Crippen LogP contribution in [0.3, 0.4) is 0 Å². The fraction of sp³-hybridized carbons (Fsp3) is 0.348. The highest BCUT2D eigenvalue weighted by Gasteiger charge is 2.31. The Kier molecular flexibility index (Phi) is 6.22. The quantitative estimate of drug-likeness (QED) is 0.672. The first-order chi connectivity index (χ1) is 15.7. The van der Waals surface area contributed by atoms with Crippen LogP contribution in [0.4, 0.5) is 10.5 Å². The van der Waals surface area contributed by atoms with Gasteiger partial charge in [0.1, 0.15) is 0 Å². The second kappa shape index (κ2) is 8.95. The minimum absolute atomic E-state index is 0.127. The van der Waals surface area contributed by atoms with E-state index in [0.29, 0.717) is 24.2 Å². The molecule has 10 heteroatoms. The third-order valence-corrected chi connectivity index (χ3v) is 7.93. The zero-order chi connectivity index (χ0) is 23.8. The van der Waals surface area contributed by atoms with Crippen LogP contribution >= 0.6 is 0 Å². The third kappa shape index (κ3) is 4.49. The van der Waals surface area contributed by atoms with Gasteiger partial charge in [-0.2, -0.15) is 4.31 Å². The average molecular weight is 471 g/mol. The van der Waals surface area contributed by atoms with E-state index in [2.05, 4.69) is 5.32 Å². The minimum atomic E-state index is -3.70. The summed E-state index contributed by atoms with van der Waals surface area (Å²) in [6.07, 6.45) is 0.